The lowest BCUT2D eigenvalue weighted by atomic mass is 9.97. The molecule has 0 spiro atoms. The first-order valence-electron chi connectivity index (χ1n) is 11.3. The number of halogens is 2. The number of aliphatic hydroxyl groups is 1. The van der Waals surface area contributed by atoms with Gasteiger partial charge < -0.3 is 9.84 Å². The van der Waals surface area contributed by atoms with Crippen molar-refractivity contribution >= 4 is 21.6 Å². The number of hydrogen-bond acceptors (Lipinski definition) is 5. The third-order valence-corrected chi connectivity index (χ3v) is 7.35. The van der Waals surface area contributed by atoms with Gasteiger partial charge in [-0.1, -0.05) is 24.3 Å². The van der Waals surface area contributed by atoms with Crippen molar-refractivity contribution in [2.45, 2.75) is 44.4 Å². The number of fused-ring (bicyclic) bond motifs is 3. The summed E-state index contributed by atoms with van der Waals surface area (Å²) in [6.07, 6.45) is 3.95. The van der Waals surface area contributed by atoms with Crippen LogP contribution >= 0.6 is 11.3 Å². The number of aliphatic hydroxyl groups excluding tert-OH is 1. The van der Waals surface area contributed by atoms with Crippen molar-refractivity contribution in [1.82, 2.24) is 9.55 Å². The third-order valence-electron chi connectivity index (χ3n) is 6.15. The summed E-state index contributed by atoms with van der Waals surface area (Å²) in [6, 6.07) is 11.7. The molecule has 176 valence electrons. The molecule has 2 heterocycles. The van der Waals surface area contributed by atoms with Gasteiger partial charge in [-0.25, -0.2) is 13.8 Å². The number of aromatic nitrogens is 2. The van der Waals surface area contributed by atoms with Crippen LogP contribution in [-0.4, -0.2) is 27.4 Å². The fourth-order valence-electron chi connectivity index (χ4n) is 4.46. The molecule has 0 unspecified atom stereocenters. The molecule has 0 fully saturated rings. The maximum atomic E-state index is 13.4. The standard InChI is InChI=1S/C26H24F2N2O3S/c27-18-9-5-16(6-10-18)24(17-7-11-19(28)12-8-17)33-14-20(31)13-30-15-29-25-23(26(30)32)21-3-1-2-4-22(21)34-25/h5-12,15,20,24,31H,1-4,13-14H2/t20-/m1/s1. The zero-order chi connectivity index (χ0) is 23.7. The number of thiophene rings is 1. The maximum Gasteiger partial charge on any atom is 0.262 e. The van der Waals surface area contributed by atoms with Gasteiger partial charge in [0.05, 0.1) is 31.0 Å². The van der Waals surface area contributed by atoms with E-state index >= 15 is 0 Å². The number of nitrogens with zero attached hydrogens (tertiary/aromatic N) is 2. The Bertz CT molecular complexity index is 1300. The number of rotatable bonds is 7. The van der Waals surface area contributed by atoms with Crippen molar-refractivity contribution in [1.29, 1.82) is 0 Å². The van der Waals surface area contributed by atoms with Crippen molar-refractivity contribution in [3.05, 3.63) is 98.4 Å². The second-order valence-electron chi connectivity index (χ2n) is 8.56. The normalized spacial score (nSPS) is 14.5. The average molecular weight is 483 g/mol. The monoisotopic (exact) mass is 482 g/mol. The Morgan fingerprint density at radius 2 is 1.62 bits per heavy atom. The summed E-state index contributed by atoms with van der Waals surface area (Å²) in [5.74, 6) is -0.751. The maximum absolute atomic E-state index is 13.4. The highest BCUT2D eigenvalue weighted by atomic mass is 32.1. The Kier molecular flexibility index (Phi) is 6.54. The molecule has 8 heteroatoms. The number of aryl methyl sites for hydroxylation is 2. The highest BCUT2D eigenvalue weighted by Gasteiger charge is 2.22. The minimum absolute atomic E-state index is 0.0337. The predicted molar refractivity (Wildman–Crippen MR) is 127 cm³/mol. The lowest BCUT2D eigenvalue weighted by Crippen LogP contribution is -2.30. The topological polar surface area (TPSA) is 64.4 Å². The average Bonchev–Trinajstić information content (AvgIpc) is 3.22. The summed E-state index contributed by atoms with van der Waals surface area (Å²) < 4.78 is 34.3. The molecular weight excluding hydrogens is 458 g/mol. The molecular formula is C26H24F2N2O3S. The molecule has 1 N–H and O–H groups in total. The van der Waals surface area contributed by atoms with Gasteiger partial charge in [0.15, 0.2) is 0 Å². The molecule has 0 amide bonds. The number of ether oxygens (including phenoxy) is 1. The minimum Gasteiger partial charge on any atom is -0.389 e. The van der Waals surface area contributed by atoms with Crippen LogP contribution in [0.3, 0.4) is 0 Å². The highest BCUT2D eigenvalue weighted by Crippen LogP contribution is 2.33. The van der Waals surface area contributed by atoms with E-state index in [1.165, 1.54) is 40.0 Å². The Morgan fingerprint density at radius 1 is 1.00 bits per heavy atom. The van der Waals surface area contributed by atoms with Crippen LogP contribution < -0.4 is 5.56 Å². The summed E-state index contributed by atoms with van der Waals surface area (Å²) in [5.41, 5.74) is 2.31. The van der Waals surface area contributed by atoms with Crippen LogP contribution in [0.2, 0.25) is 0 Å². The van der Waals surface area contributed by atoms with Gasteiger partial charge in [0, 0.05) is 4.88 Å². The molecule has 2 aromatic heterocycles. The van der Waals surface area contributed by atoms with Crippen molar-refractivity contribution in [3.63, 3.8) is 0 Å². The zero-order valence-corrected chi connectivity index (χ0v) is 19.2. The second kappa shape index (κ2) is 9.74. The van der Waals surface area contributed by atoms with E-state index in [-0.39, 0.29) is 30.3 Å². The zero-order valence-electron chi connectivity index (χ0n) is 18.4. The Balaban J connectivity index is 1.34. The first-order chi connectivity index (χ1) is 16.5. The number of hydrogen-bond donors (Lipinski definition) is 1. The summed E-state index contributed by atoms with van der Waals surface area (Å²) >= 11 is 1.59. The van der Waals surface area contributed by atoms with E-state index in [1.807, 2.05) is 0 Å². The molecule has 5 rings (SSSR count). The molecule has 0 aliphatic heterocycles. The molecule has 0 radical (unpaired) electrons. The van der Waals surface area contributed by atoms with Crippen molar-refractivity contribution < 1.29 is 18.6 Å². The SMILES string of the molecule is O=c1c2c3c(sc2ncn1C[C@@H](O)COC(c1ccc(F)cc1)c1ccc(F)cc1)CCCC3. The summed E-state index contributed by atoms with van der Waals surface area (Å²) in [4.78, 5) is 19.6. The van der Waals surface area contributed by atoms with Crippen molar-refractivity contribution in [2.24, 2.45) is 0 Å². The van der Waals surface area contributed by atoms with Crippen LogP contribution in [0, 0.1) is 11.6 Å². The lowest BCUT2D eigenvalue weighted by Gasteiger charge is -2.21. The molecule has 1 atom stereocenters. The molecule has 34 heavy (non-hydrogen) atoms. The fourth-order valence-corrected chi connectivity index (χ4v) is 5.68. The molecule has 4 aromatic rings. The van der Waals surface area contributed by atoms with E-state index in [9.17, 15) is 18.7 Å². The Labute approximate surface area is 199 Å². The van der Waals surface area contributed by atoms with Crippen molar-refractivity contribution in [3.8, 4) is 0 Å². The molecule has 1 aliphatic carbocycles. The van der Waals surface area contributed by atoms with Gasteiger partial charge in [0.25, 0.3) is 5.56 Å². The summed E-state index contributed by atoms with van der Waals surface area (Å²) in [7, 11) is 0. The largest absolute Gasteiger partial charge is 0.389 e. The molecule has 0 saturated carbocycles. The number of benzene rings is 2. The van der Waals surface area contributed by atoms with Crippen LogP contribution in [0.4, 0.5) is 8.78 Å². The first kappa shape index (κ1) is 22.8. The van der Waals surface area contributed by atoms with E-state index in [1.54, 1.807) is 35.6 Å². The molecule has 2 aromatic carbocycles. The smallest absolute Gasteiger partial charge is 0.262 e. The third kappa shape index (κ3) is 4.66. The molecule has 0 saturated heterocycles. The Morgan fingerprint density at radius 3 is 2.26 bits per heavy atom. The van der Waals surface area contributed by atoms with Crippen molar-refractivity contribution in [2.75, 3.05) is 6.61 Å². The first-order valence-corrected chi connectivity index (χ1v) is 12.1. The molecule has 1 aliphatic rings. The van der Waals surface area contributed by atoms with E-state index in [0.29, 0.717) is 16.5 Å². The van der Waals surface area contributed by atoms with Gasteiger partial charge in [-0.2, -0.15) is 0 Å². The molecule has 5 nitrogen and oxygen atoms in total. The van der Waals surface area contributed by atoms with Gasteiger partial charge in [0.2, 0.25) is 0 Å². The van der Waals surface area contributed by atoms with E-state index in [4.69, 9.17) is 4.74 Å². The van der Waals surface area contributed by atoms with Gasteiger partial charge in [-0.05, 0) is 66.6 Å². The van der Waals surface area contributed by atoms with Crippen LogP contribution in [0.25, 0.3) is 10.2 Å². The minimum atomic E-state index is -0.977. The van der Waals surface area contributed by atoms with Gasteiger partial charge in [0.1, 0.15) is 22.6 Å². The van der Waals surface area contributed by atoms with E-state index in [0.717, 1.165) is 36.1 Å². The van der Waals surface area contributed by atoms with E-state index in [2.05, 4.69) is 4.98 Å². The Hall–Kier alpha value is -2.94. The lowest BCUT2D eigenvalue weighted by molar-refractivity contribution is -0.00103. The summed E-state index contributed by atoms with van der Waals surface area (Å²) in [5, 5.41) is 11.4. The van der Waals surface area contributed by atoms with Gasteiger partial charge in [-0.3, -0.25) is 9.36 Å². The predicted octanol–water partition coefficient (Wildman–Crippen LogP) is 4.78. The fraction of sp³-hybridized carbons (Fsp3) is 0.308. The summed E-state index contributed by atoms with van der Waals surface area (Å²) in [6.45, 7) is -0.0441. The quantitative estimate of drug-likeness (QED) is 0.412. The van der Waals surface area contributed by atoms with Gasteiger partial charge in [-0.15, -0.1) is 11.3 Å². The second-order valence-corrected chi connectivity index (χ2v) is 9.65. The highest BCUT2D eigenvalue weighted by molar-refractivity contribution is 7.18. The van der Waals surface area contributed by atoms with E-state index < -0.39 is 12.2 Å². The van der Waals surface area contributed by atoms with Crippen LogP contribution in [0.15, 0.2) is 59.7 Å². The molecule has 0 bridgehead atoms. The van der Waals surface area contributed by atoms with Crippen LogP contribution in [-0.2, 0) is 24.1 Å². The van der Waals surface area contributed by atoms with Crippen LogP contribution in [0.1, 0.15) is 40.5 Å². The van der Waals surface area contributed by atoms with Gasteiger partial charge >= 0.3 is 0 Å². The van der Waals surface area contributed by atoms with Crippen LogP contribution in [0.5, 0.6) is 0 Å².